The predicted molar refractivity (Wildman–Crippen MR) is 47.9 cm³/mol. The summed E-state index contributed by atoms with van der Waals surface area (Å²) < 4.78 is 37.1. The Morgan fingerprint density at radius 2 is 1.86 bits per heavy atom. The lowest BCUT2D eigenvalue weighted by Crippen LogP contribution is -2.07. The van der Waals surface area contributed by atoms with E-state index in [1.807, 2.05) is 0 Å². The molecule has 1 aliphatic rings. The minimum Gasteiger partial charge on any atom is -0.398 e. The molecule has 0 unspecified atom stereocenters. The number of nitrogen functional groups attached to an aromatic ring is 1. The monoisotopic (exact) mass is 201 g/mol. The van der Waals surface area contributed by atoms with E-state index in [0.717, 1.165) is 30.0 Å². The molecule has 4 heteroatoms. The zero-order chi connectivity index (χ0) is 10.3. The summed E-state index contributed by atoms with van der Waals surface area (Å²) in [5.41, 5.74) is 6.89. The van der Waals surface area contributed by atoms with Crippen LogP contribution in [0.1, 0.15) is 23.1 Å². The van der Waals surface area contributed by atoms with Gasteiger partial charge in [-0.05, 0) is 42.5 Å². The van der Waals surface area contributed by atoms with Gasteiger partial charge >= 0.3 is 6.18 Å². The van der Waals surface area contributed by atoms with Crippen LogP contribution >= 0.6 is 0 Å². The maximum Gasteiger partial charge on any atom is 0.416 e. The SMILES string of the molecule is Nc1cc(C(F)(F)F)cc2c1CCC2. The number of hydrogen-bond donors (Lipinski definition) is 1. The van der Waals surface area contributed by atoms with E-state index in [0.29, 0.717) is 6.42 Å². The zero-order valence-corrected chi connectivity index (χ0v) is 7.49. The first-order valence-electron chi connectivity index (χ1n) is 4.47. The molecule has 0 fully saturated rings. The van der Waals surface area contributed by atoms with Crippen LogP contribution in [0.4, 0.5) is 18.9 Å². The summed E-state index contributed by atoms with van der Waals surface area (Å²) >= 11 is 0. The average molecular weight is 201 g/mol. The second-order valence-corrected chi connectivity index (χ2v) is 3.55. The molecule has 2 N–H and O–H groups in total. The molecular formula is C10H10F3N. The van der Waals surface area contributed by atoms with Crippen LogP contribution in [-0.2, 0) is 19.0 Å². The van der Waals surface area contributed by atoms with Gasteiger partial charge in [0.2, 0.25) is 0 Å². The van der Waals surface area contributed by atoms with Gasteiger partial charge < -0.3 is 5.73 Å². The van der Waals surface area contributed by atoms with Crippen LogP contribution in [-0.4, -0.2) is 0 Å². The van der Waals surface area contributed by atoms with Gasteiger partial charge in [0.05, 0.1) is 5.56 Å². The summed E-state index contributed by atoms with van der Waals surface area (Å²) in [6.45, 7) is 0. The van der Waals surface area contributed by atoms with Crippen molar-refractivity contribution in [1.82, 2.24) is 0 Å². The molecule has 14 heavy (non-hydrogen) atoms. The number of alkyl halides is 3. The molecule has 0 aliphatic heterocycles. The Hall–Kier alpha value is -1.19. The number of nitrogens with two attached hydrogens (primary N) is 1. The molecule has 1 aromatic rings. The van der Waals surface area contributed by atoms with Crippen molar-refractivity contribution < 1.29 is 13.2 Å². The second-order valence-electron chi connectivity index (χ2n) is 3.55. The maximum absolute atomic E-state index is 12.4. The van der Waals surface area contributed by atoms with Crippen molar-refractivity contribution in [2.24, 2.45) is 0 Å². The number of anilines is 1. The molecule has 0 amide bonds. The fraction of sp³-hybridized carbons (Fsp3) is 0.400. The lowest BCUT2D eigenvalue weighted by Gasteiger charge is -2.11. The highest BCUT2D eigenvalue weighted by Gasteiger charge is 2.32. The van der Waals surface area contributed by atoms with E-state index in [9.17, 15) is 13.2 Å². The van der Waals surface area contributed by atoms with E-state index in [-0.39, 0.29) is 5.69 Å². The van der Waals surface area contributed by atoms with Gasteiger partial charge in [0.15, 0.2) is 0 Å². The molecule has 0 atom stereocenters. The molecule has 0 spiro atoms. The van der Waals surface area contributed by atoms with Gasteiger partial charge in [-0.15, -0.1) is 0 Å². The highest BCUT2D eigenvalue weighted by Crippen LogP contribution is 2.36. The first-order chi connectivity index (χ1) is 6.48. The van der Waals surface area contributed by atoms with Gasteiger partial charge in [-0.2, -0.15) is 13.2 Å². The van der Waals surface area contributed by atoms with Crippen LogP contribution in [0.5, 0.6) is 0 Å². The standard InChI is InChI=1S/C10H10F3N/c11-10(12,13)7-4-6-2-1-3-8(6)9(14)5-7/h4-5H,1-3,14H2. The fourth-order valence-corrected chi connectivity index (χ4v) is 1.90. The van der Waals surface area contributed by atoms with E-state index in [2.05, 4.69) is 0 Å². The Morgan fingerprint density at radius 1 is 1.14 bits per heavy atom. The predicted octanol–water partition coefficient (Wildman–Crippen LogP) is 2.78. The molecule has 0 saturated carbocycles. The molecule has 1 aromatic carbocycles. The highest BCUT2D eigenvalue weighted by molar-refractivity contribution is 5.55. The lowest BCUT2D eigenvalue weighted by atomic mass is 10.0. The van der Waals surface area contributed by atoms with E-state index in [4.69, 9.17) is 5.73 Å². The van der Waals surface area contributed by atoms with Crippen molar-refractivity contribution in [2.45, 2.75) is 25.4 Å². The number of benzene rings is 1. The molecule has 1 nitrogen and oxygen atoms in total. The van der Waals surface area contributed by atoms with E-state index < -0.39 is 11.7 Å². The van der Waals surface area contributed by atoms with Crippen molar-refractivity contribution in [2.75, 3.05) is 5.73 Å². The third kappa shape index (κ3) is 1.45. The van der Waals surface area contributed by atoms with Crippen molar-refractivity contribution >= 4 is 5.69 Å². The van der Waals surface area contributed by atoms with Crippen molar-refractivity contribution in [1.29, 1.82) is 0 Å². The molecule has 1 aliphatic carbocycles. The van der Waals surface area contributed by atoms with Crippen molar-refractivity contribution in [3.8, 4) is 0 Å². The fourth-order valence-electron chi connectivity index (χ4n) is 1.90. The molecular weight excluding hydrogens is 191 g/mol. The minimum atomic E-state index is -4.29. The number of fused-ring (bicyclic) bond motifs is 1. The smallest absolute Gasteiger partial charge is 0.398 e. The first kappa shape index (κ1) is 9.37. The zero-order valence-electron chi connectivity index (χ0n) is 7.49. The van der Waals surface area contributed by atoms with Gasteiger partial charge in [-0.3, -0.25) is 0 Å². The molecule has 0 heterocycles. The van der Waals surface area contributed by atoms with Crippen LogP contribution in [0.25, 0.3) is 0 Å². The van der Waals surface area contributed by atoms with Crippen molar-refractivity contribution in [3.05, 3.63) is 28.8 Å². The molecule has 2 rings (SSSR count). The summed E-state index contributed by atoms with van der Waals surface area (Å²) in [5.74, 6) is 0. The summed E-state index contributed by atoms with van der Waals surface area (Å²) in [6.07, 6.45) is -1.87. The van der Waals surface area contributed by atoms with Gasteiger partial charge in [0.25, 0.3) is 0 Å². The Kier molecular flexibility index (Phi) is 1.94. The largest absolute Gasteiger partial charge is 0.416 e. The minimum absolute atomic E-state index is 0.285. The molecule has 0 radical (unpaired) electrons. The molecule has 0 saturated heterocycles. The van der Waals surface area contributed by atoms with E-state index in [1.54, 1.807) is 0 Å². The van der Waals surface area contributed by atoms with Gasteiger partial charge in [-0.1, -0.05) is 0 Å². The van der Waals surface area contributed by atoms with Gasteiger partial charge in [-0.25, -0.2) is 0 Å². The molecule has 0 aromatic heterocycles. The topological polar surface area (TPSA) is 26.0 Å². The Balaban J connectivity index is 2.52. The second kappa shape index (κ2) is 2.90. The third-order valence-electron chi connectivity index (χ3n) is 2.58. The molecule has 76 valence electrons. The first-order valence-corrected chi connectivity index (χ1v) is 4.47. The number of halogens is 3. The van der Waals surface area contributed by atoms with Crippen LogP contribution in [0.15, 0.2) is 12.1 Å². The Morgan fingerprint density at radius 3 is 2.50 bits per heavy atom. The van der Waals surface area contributed by atoms with Crippen LogP contribution in [0.2, 0.25) is 0 Å². The summed E-state index contributed by atoms with van der Waals surface area (Å²) in [7, 11) is 0. The van der Waals surface area contributed by atoms with E-state index >= 15 is 0 Å². The highest BCUT2D eigenvalue weighted by atomic mass is 19.4. The Bertz CT molecular complexity index is 368. The van der Waals surface area contributed by atoms with Crippen LogP contribution in [0, 0.1) is 0 Å². The summed E-state index contributed by atoms with van der Waals surface area (Å²) in [6, 6.07) is 2.25. The van der Waals surface area contributed by atoms with Gasteiger partial charge in [0.1, 0.15) is 0 Å². The maximum atomic E-state index is 12.4. The van der Waals surface area contributed by atoms with Crippen molar-refractivity contribution in [3.63, 3.8) is 0 Å². The van der Waals surface area contributed by atoms with Gasteiger partial charge in [0, 0.05) is 5.69 Å². The third-order valence-corrected chi connectivity index (χ3v) is 2.58. The lowest BCUT2D eigenvalue weighted by molar-refractivity contribution is -0.137. The number of hydrogen-bond acceptors (Lipinski definition) is 1. The summed E-state index contributed by atoms with van der Waals surface area (Å²) in [4.78, 5) is 0. The van der Waals surface area contributed by atoms with Crippen LogP contribution < -0.4 is 5.73 Å². The molecule has 0 bridgehead atoms. The quantitative estimate of drug-likeness (QED) is 0.642. The number of rotatable bonds is 0. The van der Waals surface area contributed by atoms with Crippen LogP contribution in [0.3, 0.4) is 0 Å². The van der Waals surface area contributed by atoms with E-state index in [1.165, 1.54) is 6.07 Å². The Labute approximate surface area is 79.7 Å². The normalized spacial score (nSPS) is 15.6. The average Bonchev–Trinajstić information content (AvgIpc) is 2.50. The number of aryl methyl sites for hydroxylation is 1. The summed E-state index contributed by atoms with van der Waals surface area (Å²) in [5, 5.41) is 0.